The zero-order chi connectivity index (χ0) is 32.7. The number of carbonyl (C=O) groups is 1. The monoisotopic (exact) mass is 623 g/mol. The molecule has 0 spiro atoms. The van der Waals surface area contributed by atoms with Crippen LogP contribution in [0.5, 0.6) is 0 Å². The lowest BCUT2D eigenvalue weighted by atomic mass is 9.33. The average Bonchev–Trinajstić information content (AvgIpc) is 3.38. The van der Waals surface area contributed by atoms with Crippen molar-refractivity contribution in [3.05, 3.63) is 71.3 Å². The summed E-state index contributed by atoms with van der Waals surface area (Å²) < 4.78 is 5.73. The van der Waals surface area contributed by atoms with E-state index in [-0.39, 0.29) is 22.8 Å². The van der Waals surface area contributed by atoms with E-state index >= 15 is 0 Å². The Morgan fingerprint density at radius 3 is 2.35 bits per heavy atom. The number of carbonyl (C=O) groups excluding carboxylic acids is 1. The first-order valence-corrected chi connectivity index (χ1v) is 18.8. The topological polar surface area (TPSA) is 52.3 Å². The Hall–Kier alpha value is -2.13. The minimum atomic E-state index is -0.0407. The fourth-order valence-electron chi connectivity index (χ4n) is 13.5. The minimum absolute atomic E-state index is 0.0217. The first kappa shape index (κ1) is 32.4. The number of esters is 1. The third-order valence-electron chi connectivity index (χ3n) is 16.0. The van der Waals surface area contributed by atoms with Gasteiger partial charge in [-0.1, -0.05) is 89.3 Å². The van der Waals surface area contributed by atoms with Crippen LogP contribution in [0, 0.1) is 57.2 Å². The summed E-state index contributed by atoms with van der Waals surface area (Å²) >= 11 is 0. The first-order valence-electron chi connectivity index (χ1n) is 18.8. The second-order valence-corrected chi connectivity index (χ2v) is 18.3. The Kier molecular flexibility index (Phi) is 7.90. The highest BCUT2D eigenvalue weighted by Gasteiger charge is 2.70. The van der Waals surface area contributed by atoms with Crippen molar-refractivity contribution >= 4 is 5.97 Å². The highest BCUT2D eigenvalue weighted by molar-refractivity contribution is 5.73. The lowest BCUT2D eigenvalue weighted by Crippen LogP contribution is -2.67. The third kappa shape index (κ3) is 4.71. The maximum absolute atomic E-state index is 13.0. The molecule has 10 atom stereocenters. The maximum atomic E-state index is 13.0. The van der Waals surface area contributed by atoms with Gasteiger partial charge in [0.05, 0.1) is 5.92 Å². The summed E-state index contributed by atoms with van der Waals surface area (Å²) in [7, 11) is 0. The van der Waals surface area contributed by atoms with E-state index in [4.69, 9.17) is 10.5 Å². The molecule has 250 valence electrons. The highest BCUT2D eigenvalue weighted by atomic mass is 16.5. The van der Waals surface area contributed by atoms with Gasteiger partial charge in [-0.05, 0) is 152 Å². The number of ether oxygens (including phenoxy) is 1. The van der Waals surface area contributed by atoms with Crippen LogP contribution in [0.2, 0.25) is 0 Å². The van der Waals surface area contributed by atoms with Crippen molar-refractivity contribution in [2.75, 3.05) is 0 Å². The van der Waals surface area contributed by atoms with Gasteiger partial charge < -0.3 is 10.5 Å². The van der Waals surface area contributed by atoms with E-state index in [1.165, 1.54) is 68.9 Å². The molecule has 1 aromatic rings. The SMILES string of the molecule is C=C(C)[C@@H]1CC[C@]2(N)CC[C@]3(C)[C@H](CC[C@@H]4[C@@]5(C)CC=C(C6=CC[C@H](C(=O)OCc7ccccc7)CC6)C(C)(C)[C@@H]5CC[C@]43C)[C@@H]12. The summed E-state index contributed by atoms with van der Waals surface area (Å²) in [6.07, 6.45) is 19.2. The molecule has 3 nitrogen and oxygen atoms in total. The Morgan fingerprint density at radius 2 is 1.65 bits per heavy atom. The van der Waals surface area contributed by atoms with Crippen molar-refractivity contribution in [3.8, 4) is 0 Å². The molecule has 0 aromatic heterocycles. The molecule has 6 aliphatic carbocycles. The predicted molar refractivity (Wildman–Crippen MR) is 189 cm³/mol. The van der Waals surface area contributed by atoms with E-state index in [0.717, 1.165) is 36.7 Å². The molecular formula is C43H61NO2. The second kappa shape index (κ2) is 11.2. The Balaban J connectivity index is 1.10. The minimum Gasteiger partial charge on any atom is -0.461 e. The van der Waals surface area contributed by atoms with Crippen molar-refractivity contribution in [2.45, 2.75) is 131 Å². The van der Waals surface area contributed by atoms with E-state index < -0.39 is 0 Å². The van der Waals surface area contributed by atoms with E-state index in [9.17, 15) is 4.79 Å². The van der Waals surface area contributed by atoms with Crippen LogP contribution in [0.4, 0.5) is 0 Å². The van der Waals surface area contributed by atoms with Gasteiger partial charge in [0.2, 0.25) is 0 Å². The van der Waals surface area contributed by atoms with Gasteiger partial charge in [-0.3, -0.25) is 4.79 Å². The number of hydrogen-bond acceptors (Lipinski definition) is 3. The van der Waals surface area contributed by atoms with Gasteiger partial charge in [0.15, 0.2) is 0 Å². The largest absolute Gasteiger partial charge is 0.461 e. The third-order valence-corrected chi connectivity index (χ3v) is 16.0. The molecule has 46 heavy (non-hydrogen) atoms. The molecule has 0 heterocycles. The lowest BCUT2D eigenvalue weighted by molar-refractivity contribution is -0.219. The zero-order valence-electron chi connectivity index (χ0n) is 29.8. The van der Waals surface area contributed by atoms with Gasteiger partial charge >= 0.3 is 5.97 Å². The summed E-state index contributed by atoms with van der Waals surface area (Å²) in [5, 5.41) is 0. The lowest BCUT2D eigenvalue weighted by Gasteiger charge is -2.72. The van der Waals surface area contributed by atoms with Gasteiger partial charge in [0.1, 0.15) is 6.61 Å². The van der Waals surface area contributed by atoms with Crippen LogP contribution < -0.4 is 5.73 Å². The number of allylic oxidation sites excluding steroid dienone is 5. The van der Waals surface area contributed by atoms with Crippen LogP contribution in [0.15, 0.2) is 65.8 Å². The smallest absolute Gasteiger partial charge is 0.309 e. The molecule has 4 fully saturated rings. The number of hydrogen-bond donors (Lipinski definition) is 1. The predicted octanol–water partition coefficient (Wildman–Crippen LogP) is 10.4. The van der Waals surface area contributed by atoms with Crippen molar-refractivity contribution in [3.63, 3.8) is 0 Å². The summed E-state index contributed by atoms with van der Waals surface area (Å²) in [6, 6.07) is 10.0. The second-order valence-electron chi connectivity index (χ2n) is 18.3. The molecule has 7 rings (SSSR count). The molecule has 0 bridgehead atoms. The highest BCUT2D eigenvalue weighted by Crippen LogP contribution is 2.76. The summed E-state index contributed by atoms with van der Waals surface area (Å²) in [5.74, 6) is 3.30. The maximum Gasteiger partial charge on any atom is 0.309 e. The Morgan fingerprint density at radius 1 is 0.891 bits per heavy atom. The number of fused-ring (bicyclic) bond motifs is 7. The summed E-state index contributed by atoms with van der Waals surface area (Å²) in [6.45, 7) is 20.4. The van der Waals surface area contributed by atoms with E-state index in [2.05, 4.69) is 60.3 Å². The summed E-state index contributed by atoms with van der Waals surface area (Å²) in [4.78, 5) is 13.0. The number of rotatable bonds is 5. The van der Waals surface area contributed by atoms with Crippen LogP contribution in [-0.4, -0.2) is 11.5 Å². The fraction of sp³-hybridized carbons (Fsp3) is 0.698. The first-order chi connectivity index (χ1) is 21.7. The van der Waals surface area contributed by atoms with E-state index in [0.29, 0.717) is 40.6 Å². The van der Waals surface area contributed by atoms with Gasteiger partial charge in [0, 0.05) is 5.54 Å². The zero-order valence-corrected chi connectivity index (χ0v) is 29.8. The van der Waals surface area contributed by atoms with Crippen molar-refractivity contribution in [1.82, 2.24) is 0 Å². The van der Waals surface area contributed by atoms with Gasteiger partial charge in [-0.15, -0.1) is 0 Å². The summed E-state index contributed by atoms with van der Waals surface area (Å²) in [5.41, 5.74) is 14.0. The molecular weight excluding hydrogens is 562 g/mol. The molecule has 1 aromatic carbocycles. The average molecular weight is 624 g/mol. The van der Waals surface area contributed by atoms with Crippen LogP contribution in [-0.2, 0) is 16.1 Å². The quantitative estimate of drug-likeness (QED) is 0.262. The Labute approximate surface area is 279 Å². The molecule has 0 saturated heterocycles. The van der Waals surface area contributed by atoms with Crippen LogP contribution >= 0.6 is 0 Å². The van der Waals surface area contributed by atoms with E-state index in [1.54, 1.807) is 5.57 Å². The van der Waals surface area contributed by atoms with Crippen LogP contribution in [0.1, 0.15) is 124 Å². The molecule has 2 N–H and O–H groups in total. The fourth-order valence-corrected chi connectivity index (χ4v) is 13.5. The molecule has 0 amide bonds. The van der Waals surface area contributed by atoms with Gasteiger partial charge in [0.25, 0.3) is 0 Å². The molecule has 4 saturated carbocycles. The van der Waals surface area contributed by atoms with Crippen LogP contribution in [0.3, 0.4) is 0 Å². The molecule has 0 aliphatic heterocycles. The molecule has 0 radical (unpaired) electrons. The van der Waals surface area contributed by atoms with Gasteiger partial charge in [-0.25, -0.2) is 0 Å². The molecule has 3 heteroatoms. The van der Waals surface area contributed by atoms with E-state index in [1.807, 2.05) is 30.3 Å². The Bertz CT molecular complexity index is 1440. The molecule has 6 aliphatic rings. The van der Waals surface area contributed by atoms with Crippen LogP contribution in [0.25, 0.3) is 0 Å². The van der Waals surface area contributed by atoms with Crippen molar-refractivity contribution in [2.24, 2.45) is 62.9 Å². The molecule has 0 unspecified atom stereocenters. The normalized spacial score (nSPS) is 44.4. The standard InChI is InChI=1S/C43H61NO2/c1-28(2)32-19-24-43(44)26-25-41(6)34(37(32)43)17-18-36-40(5)22-20-33(39(3,4)35(40)21-23-42(36,41)7)30-13-15-31(16-14-30)38(45)46-27-29-11-9-8-10-12-29/h8-13,20,31-32,34-37H,1,14-19,21-27,44H2,2-7H3/t31-,32-,34+,35-,36+,37+,40-,41+,42+,43-/m0/s1. The number of benzene rings is 1. The number of nitrogens with two attached hydrogens (primary N) is 1. The van der Waals surface area contributed by atoms with Crippen molar-refractivity contribution in [1.29, 1.82) is 0 Å². The van der Waals surface area contributed by atoms with Gasteiger partial charge in [-0.2, -0.15) is 0 Å². The van der Waals surface area contributed by atoms with Crippen molar-refractivity contribution < 1.29 is 9.53 Å².